The van der Waals surface area contributed by atoms with Crippen LogP contribution in [0.4, 0.5) is 8.78 Å². The van der Waals surface area contributed by atoms with Crippen molar-refractivity contribution in [3.05, 3.63) is 34.6 Å². The van der Waals surface area contributed by atoms with Gasteiger partial charge in [-0.25, -0.2) is 8.78 Å². The Morgan fingerprint density at radius 1 is 1.07 bits per heavy atom. The maximum atomic E-state index is 15.3. The zero-order valence-corrected chi connectivity index (χ0v) is 18.2. The Bertz CT molecular complexity index is 766. The van der Waals surface area contributed by atoms with E-state index in [-0.39, 0.29) is 17.1 Å². The van der Waals surface area contributed by atoms with Crippen molar-refractivity contribution < 1.29 is 13.6 Å². The van der Waals surface area contributed by atoms with E-state index in [1.165, 1.54) is 44.6 Å². The second kappa shape index (κ2) is 7.74. The van der Waals surface area contributed by atoms with Crippen LogP contribution in [-0.2, 0) is 0 Å². The Labute approximate surface area is 182 Å². The molecular weight excluding hydrogens is 406 g/mol. The standard InChI is InChI=1S/C24H31ClF2N2O/c25-20-8-19(9-21(26)10-20)22(30)28-14-24(27)1-3-29(4-2-24)15-23-11-16-5-17(12-23)7-18(6-16)13-23/h8-10,16-18H,1-7,11-15H2,(H,28,30). The Kier molecular flexibility index (Phi) is 5.34. The number of likely N-dealkylation sites (tertiary alicyclic amines) is 1. The molecule has 6 rings (SSSR count). The second-order valence-corrected chi connectivity index (χ2v) is 11.1. The fourth-order valence-corrected chi connectivity index (χ4v) is 7.49. The number of amides is 1. The molecule has 5 aliphatic rings. The van der Waals surface area contributed by atoms with E-state index in [4.69, 9.17) is 11.6 Å². The molecule has 3 nitrogen and oxygen atoms in total. The van der Waals surface area contributed by atoms with Gasteiger partial charge in [0.25, 0.3) is 5.91 Å². The molecule has 0 spiro atoms. The topological polar surface area (TPSA) is 32.3 Å². The molecule has 0 unspecified atom stereocenters. The van der Waals surface area contributed by atoms with Gasteiger partial charge in [0.2, 0.25) is 0 Å². The molecule has 1 aromatic rings. The Hall–Kier alpha value is -1.20. The van der Waals surface area contributed by atoms with Crippen LogP contribution in [0, 0.1) is 29.0 Å². The number of benzene rings is 1. The minimum atomic E-state index is -1.40. The van der Waals surface area contributed by atoms with Gasteiger partial charge in [-0.3, -0.25) is 4.79 Å². The number of hydrogen-bond acceptors (Lipinski definition) is 2. The van der Waals surface area contributed by atoms with Crippen LogP contribution in [0.15, 0.2) is 18.2 Å². The summed E-state index contributed by atoms with van der Waals surface area (Å²) < 4.78 is 28.8. The fourth-order valence-electron chi connectivity index (χ4n) is 7.27. The molecular formula is C24H31ClF2N2O. The summed E-state index contributed by atoms with van der Waals surface area (Å²) in [7, 11) is 0. The molecule has 0 atom stereocenters. The van der Waals surface area contributed by atoms with Gasteiger partial charge in [-0.15, -0.1) is 0 Å². The predicted octanol–water partition coefficient (Wildman–Crippen LogP) is 5.23. The minimum Gasteiger partial charge on any atom is -0.349 e. The number of nitrogens with one attached hydrogen (secondary N) is 1. The van der Waals surface area contributed by atoms with Crippen molar-refractivity contribution in [2.45, 2.75) is 57.0 Å². The molecule has 0 aromatic heterocycles. The Balaban J connectivity index is 1.13. The fraction of sp³-hybridized carbons (Fsp3) is 0.708. The van der Waals surface area contributed by atoms with Gasteiger partial charge >= 0.3 is 0 Å². The number of halogens is 3. The lowest BCUT2D eigenvalue weighted by molar-refractivity contribution is -0.0768. The molecule has 1 aliphatic heterocycles. The average molecular weight is 437 g/mol. The highest BCUT2D eigenvalue weighted by Gasteiger charge is 2.51. The van der Waals surface area contributed by atoms with Crippen molar-refractivity contribution in [3.63, 3.8) is 0 Å². The highest BCUT2D eigenvalue weighted by molar-refractivity contribution is 6.31. The summed E-state index contributed by atoms with van der Waals surface area (Å²) in [6, 6.07) is 3.67. The normalized spacial score (nSPS) is 34.8. The quantitative estimate of drug-likeness (QED) is 0.685. The molecule has 4 saturated carbocycles. The molecule has 1 amide bonds. The first kappa shape index (κ1) is 20.7. The van der Waals surface area contributed by atoms with E-state index >= 15 is 4.39 Å². The van der Waals surface area contributed by atoms with Crippen LogP contribution in [0.1, 0.15) is 61.7 Å². The van der Waals surface area contributed by atoms with Gasteiger partial charge in [0, 0.05) is 30.2 Å². The van der Waals surface area contributed by atoms with E-state index in [0.29, 0.717) is 18.3 Å². The molecule has 1 heterocycles. The third-order valence-corrected chi connectivity index (χ3v) is 8.38. The van der Waals surface area contributed by atoms with Crippen LogP contribution in [0.3, 0.4) is 0 Å². The van der Waals surface area contributed by atoms with Gasteiger partial charge in [-0.2, -0.15) is 0 Å². The number of hydrogen-bond donors (Lipinski definition) is 1. The van der Waals surface area contributed by atoms with E-state index in [2.05, 4.69) is 10.2 Å². The lowest BCUT2D eigenvalue weighted by atomic mass is 9.49. The van der Waals surface area contributed by atoms with Gasteiger partial charge in [0.15, 0.2) is 0 Å². The van der Waals surface area contributed by atoms with Crippen molar-refractivity contribution in [2.75, 3.05) is 26.2 Å². The van der Waals surface area contributed by atoms with Gasteiger partial charge in [0.1, 0.15) is 11.5 Å². The van der Waals surface area contributed by atoms with Crippen LogP contribution in [-0.4, -0.2) is 42.7 Å². The van der Waals surface area contributed by atoms with Gasteiger partial charge in [0.05, 0.1) is 6.54 Å². The first-order chi connectivity index (χ1) is 14.3. The molecule has 4 aliphatic carbocycles. The van der Waals surface area contributed by atoms with E-state index < -0.39 is 17.4 Å². The summed E-state index contributed by atoms with van der Waals surface area (Å²) in [5, 5.41) is 2.81. The molecule has 1 saturated heterocycles. The number of alkyl halides is 1. The van der Waals surface area contributed by atoms with Crippen molar-refractivity contribution in [3.8, 4) is 0 Å². The zero-order valence-electron chi connectivity index (χ0n) is 17.4. The summed E-state index contributed by atoms with van der Waals surface area (Å²) >= 11 is 5.81. The van der Waals surface area contributed by atoms with E-state index in [0.717, 1.165) is 49.5 Å². The van der Waals surface area contributed by atoms with Gasteiger partial charge in [-0.05, 0) is 92.7 Å². The first-order valence-electron chi connectivity index (χ1n) is 11.5. The third kappa shape index (κ3) is 4.25. The van der Waals surface area contributed by atoms with Crippen LogP contribution >= 0.6 is 11.6 Å². The highest BCUT2D eigenvalue weighted by atomic mass is 35.5. The van der Waals surface area contributed by atoms with Crippen LogP contribution < -0.4 is 5.32 Å². The number of nitrogens with zero attached hydrogens (tertiary/aromatic N) is 1. The molecule has 6 heteroatoms. The maximum Gasteiger partial charge on any atom is 0.251 e. The van der Waals surface area contributed by atoms with Crippen molar-refractivity contribution in [1.82, 2.24) is 10.2 Å². The lowest BCUT2D eigenvalue weighted by Crippen LogP contribution is -2.54. The second-order valence-electron chi connectivity index (χ2n) is 10.7. The predicted molar refractivity (Wildman–Crippen MR) is 114 cm³/mol. The number of carbonyl (C=O) groups excluding carboxylic acids is 1. The average Bonchev–Trinajstić information content (AvgIpc) is 2.66. The first-order valence-corrected chi connectivity index (χ1v) is 11.8. The number of carbonyl (C=O) groups is 1. The summed E-state index contributed by atoms with van der Waals surface area (Å²) in [6.45, 7) is 2.59. The molecule has 4 bridgehead atoms. The van der Waals surface area contributed by atoms with Crippen molar-refractivity contribution in [2.24, 2.45) is 23.2 Å². The van der Waals surface area contributed by atoms with E-state index in [1.807, 2.05) is 0 Å². The summed E-state index contributed by atoms with van der Waals surface area (Å²) in [5.41, 5.74) is -0.788. The monoisotopic (exact) mass is 436 g/mol. The Morgan fingerprint density at radius 3 is 2.23 bits per heavy atom. The number of rotatable bonds is 5. The minimum absolute atomic E-state index is 0.0365. The molecule has 164 valence electrons. The van der Waals surface area contributed by atoms with Crippen LogP contribution in [0.2, 0.25) is 5.02 Å². The number of piperidine rings is 1. The van der Waals surface area contributed by atoms with Crippen LogP contribution in [0.25, 0.3) is 0 Å². The lowest BCUT2D eigenvalue weighted by Gasteiger charge is -2.58. The molecule has 5 fully saturated rings. The molecule has 30 heavy (non-hydrogen) atoms. The third-order valence-electron chi connectivity index (χ3n) is 8.17. The summed E-state index contributed by atoms with van der Waals surface area (Å²) in [5.74, 6) is 1.76. The van der Waals surface area contributed by atoms with Gasteiger partial charge < -0.3 is 10.2 Å². The van der Waals surface area contributed by atoms with Crippen LogP contribution in [0.5, 0.6) is 0 Å². The largest absolute Gasteiger partial charge is 0.349 e. The molecule has 0 radical (unpaired) electrons. The zero-order chi connectivity index (χ0) is 20.9. The summed E-state index contributed by atoms with van der Waals surface area (Å²) in [6.07, 6.45) is 9.34. The smallest absolute Gasteiger partial charge is 0.251 e. The molecule has 1 aromatic carbocycles. The maximum absolute atomic E-state index is 15.3. The van der Waals surface area contributed by atoms with Crippen molar-refractivity contribution in [1.29, 1.82) is 0 Å². The Morgan fingerprint density at radius 2 is 1.67 bits per heavy atom. The summed E-state index contributed by atoms with van der Waals surface area (Å²) in [4.78, 5) is 14.8. The highest BCUT2D eigenvalue weighted by Crippen LogP contribution is 2.60. The van der Waals surface area contributed by atoms with E-state index in [1.54, 1.807) is 0 Å². The van der Waals surface area contributed by atoms with Crippen molar-refractivity contribution >= 4 is 17.5 Å². The molecule has 1 N–H and O–H groups in total. The SMILES string of the molecule is O=C(NCC1(F)CCN(CC23CC4CC(CC(C4)C2)C3)CC1)c1cc(F)cc(Cl)c1. The van der Waals surface area contributed by atoms with E-state index in [9.17, 15) is 9.18 Å². The van der Waals surface area contributed by atoms with Gasteiger partial charge in [-0.1, -0.05) is 11.6 Å².